The fourth-order valence-corrected chi connectivity index (χ4v) is 3.39. The van der Waals surface area contributed by atoms with Gasteiger partial charge in [-0.05, 0) is 0 Å². The Labute approximate surface area is 201 Å². The maximum absolute atomic E-state index is 12.8. The predicted octanol–water partition coefficient (Wildman–Crippen LogP) is -4.30. The lowest BCUT2D eigenvalue weighted by atomic mass is 9.82. The van der Waals surface area contributed by atoms with Gasteiger partial charge in [-0.15, -0.1) is 0 Å². The van der Waals surface area contributed by atoms with Crippen molar-refractivity contribution in [2.75, 3.05) is 19.8 Å². The van der Waals surface area contributed by atoms with Crippen molar-refractivity contribution in [3.63, 3.8) is 0 Å². The van der Waals surface area contributed by atoms with Gasteiger partial charge in [0.25, 0.3) is 16.2 Å². The highest BCUT2D eigenvalue weighted by Gasteiger charge is 2.73. The van der Waals surface area contributed by atoms with Gasteiger partial charge in [0, 0.05) is 0 Å². The van der Waals surface area contributed by atoms with Crippen LogP contribution in [0, 0.1) is 16.2 Å². The van der Waals surface area contributed by atoms with E-state index in [1.165, 1.54) is 0 Å². The molecule has 3 rings (SSSR count). The van der Waals surface area contributed by atoms with Crippen molar-refractivity contribution in [3.05, 3.63) is 0 Å². The number of carbonyl (C=O) groups excluding carboxylic acids is 4. The molecule has 3 aliphatic rings. The summed E-state index contributed by atoms with van der Waals surface area (Å²) in [5.74, 6) is -21.8. The summed E-state index contributed by atoms with van der Waals surface area (Å²) in [6.07, 6.45) is -5.75. The molecule has 19 nitrogen and oxygen atoms in total. The topological polar surface area (TPSA) is 311 Å². The van der Waals surface area contributed by atoms with Gasteiger partial charge in [0.2, 0.25) is 0 Å². The highest BCUT2D eigenvalue weighted by atomic mass is 16.6. The molecule has 3 atom stereocenters. The van der Waals surface area contributed by atoms with Crippen LogP contribution in [0.1, 0.15) is 0 Å². The second-order valence-electron chi connectivity index (χ2n) is 7.77. The number of esters is 4. The molecule has 0 bridgehead atoms. The van der Waals surface area contributed by atoms with Gasteiger partial charge >= 0.3 is 53.7 Å². The summed E-state index contributed by atoms with van der Waals surface area (Å²) in [7, 11) is 0. The van der Waals surface area contributed by atoms with E-state index in [0.717, 1.165) is 0 Å². The van der Waals surface area contributed by atoms with E-state index in [-0.39, 0.29) is 0 Å². The minimum atomic E-state index is -3.83. The zero-order valence-corrected chi connectivity index (χ0v) is 17.8. The van der Waals surface area contributed by atoms with Crippen LogP contribution >= 0.6 is 0 Å². The highest BCUT2D eigenvalue weighted by molar-refractivity contribution is 6.26. The molecule has 0 aromatic rings. The van der Waals surface area contributed by atoms with Crippen LogP contribution in [0.15, 0.2) is 0 Å². The van der Waals surface area contributed by atoms with E-state index >= 15 is 0 Å². The quantitative estimate of drug-likeness (QED) is 0.0897. The number of aliphatic carboxylic acids is 5. The van der Waals surface area contributed by atoms with E-state index in [1.807, 2.05) is 0 Å². The number of rotatable bonds is 12. The minimum absolute atomic E-state index is 0.593. The Balaban J connectivity index is 1.98. The average molecular weight is 534 g/mol. The van der Waals surface area contributed by atoms with Crippen LogP contribution in [-0.2, 0) is 66.8 Å². The van der Waals surface area contributed by atoms with E-state index in [4.69, 9.17) is 0 Å². The Hall–Kier alpha value is -4.49. The molecule has 0 aromatic heterocycles. The number of carboxylic acids is 5. The Morgan fingerprint density at radius 2 is 0.649 bits per heavy atom. The molecule has 3 unspecified atom stereocenters. The molecule has 3 fully saturated rings. The number of carboxylic acid groups (broad SMARTS) is 5. The Bertz CT molecular complexity index is 1030. The SMILES string of the molecule is O=C(O)C(C(=O)O)(C(=O)OC(=O)C(C(=O)O)(C(=O)OC(=O)C(C(=O)O)(C(=O)O)C1CO1)C1CO1)C1CO1. The van der Waals surface area contributed by atoms with Crippen LogP contribution in [0.3, 0.4) is 0 Å². The van der Waals surface area contributed by atoms with E-state index in [9.17, 15) is 68.7 Å². The van der Waals surface area contributed by atoms with Gasteiger partial charge in [0.05, 0.1) is 19.8 Å². The number of ether oxygens (including phenoxy) is 5. The Kier molecular flexibility index (Phi) is 6.50. The van der Waals surface area contributed by atoms with Crippen LogP contribution in [0.4, 0.5) is 0 Å². The van der Waals surface area contributed by atoms with Crippen molar-refractivity contribution >= 4 is 53.7 Å². The van der Waals surface area contributed by atoms with E-state index in [0.29, 0.717) is 0 Å². The van der Waals surface area contributed by atoms with E-state index in [1.54, 1.807) is 0 Å². The highest BCUT2D eigenvalue weighted by Crippen LogP contribution is 2.41. The lowest BCUT2D eigenvalue weighted by molar-refractivity contribution is -0.192. The van der Waals surface area contributed by atoms with Gasteiger partial charge in [-0.25, -0.2) is 19.2 Å². The molecule has 0 aromatic carbocycles. The summed E-state index contributed by atoms with van der Waals surface area (Å²) >= 11 is 0. The molecule has 0 radical (unpaired) electrons. The lowest BCUT2D eigenvalue weighted by Gasteiger charge is -2.26. The number of epoxide rings is 3. The molecule has 0 saturated carbocycles. The molecular weight excluding hydrogens is 520 g/mol. The van der Waals surface area contributed by atoms with Gasteiger partial charge in [-0.2, -0.15) is 0 Å². The molecule has 0 spiro atoms. The number of hydrogen-bond donors (Lipinski definition) is 5. The monoisotopic (exact) mass is 534 g/mol. The van der Waals surface area contributed by atoms with Crippen molar-refractivity contribution in [1.82, 2.24) is 0 Å². The van der Waals surface area contributed by atoms with Gasteiger partial charge in [-0.3, -0.25) is 24.0 Å². The van der Waals surface area contributed by atoms with Gasteiger partial charge in [0.1, 0.15) is 18.3 Å². The molecule has 0 aliphatic carbocycles. The molecular formula is C18H14O19. The fraction of sp³-hybridized carbons (Fsp3) is 0.500. The molecule has 19 heteroatoms. The van der Waals surface area contributed by atoms with Crippen molar-refractivity contribution in [3.8, 4) is 0 Å². The van der Waals surface area contributed by atoms with E-state index in [2.05, 4.69) is 23.7 Å². The van der Waals surface area contributed by atoms with Crippen LogP contribution < -0.4 is 0 Å². The van der Waals surface area contributed by atoms with Crippen LogP contribution in [0.25, 0.3) is 0 Å². The first kappa shape index (κ1) is 27.1. The first-order chi connectivity index (χ1) is 17.1. The maximum atomic E-state index is 12.8. The van der Waals surface area contributed by atoms with Crippen LogP contribution in [0.2, 0.25) is 0 Å². The zero-order valence-electron chi connectivity index (χ0n) is 17.8. The van der Waals surface area contributed by atoms with E-state index < -0.39 is 108 Å². The lowest BCUT2D eigenvalue weighted by Crippen LogP contribution is -2.59. The minimum Gasteiger partial charge on any atom is -0.480 e. The van der Waals surface area contributed by atoms with Crippen LogP contribution in [0.5, 0.6) is 0 Å². The summed E-state index contributed by atoms with van der Waals surface area (Å²) in [5, 5.41) is 47.0. The van der Waals surface area contributed by atoms with Crippen molar-refractivity contribution in [2.45, 2.75) is 18.3 Å². The largest absolute Gasteiger partial charge is 0.480 e. The van der Waals surface area contributed by atoms with Crippen molar-refractivity contribution in [1.29, 1.82) is 0 Å². The standard InChI is InChI=1S/C18H14O19/c19-7(20)16(8(21)22,4-1-33-4)12(29)36-14(31)18(11(27)28,6-3-35-6)15(32)37-13(30)17(9(23)24,10(25)26)5-2-34-5/h4-6H,1-3H2,(H,19,20)(H,21,22)(H,23,24)(H,25,26)(H,27,28). The van der Waals surface area contributed by atoms with Gasteiger partial charge in [0.15, 0.2) is 0 Å². The fourth-order valence-electron chi connectivity index (χ4n) is 3.39. The summed E-state index contributed by atoms with van der Waals surface area (Å²) < 4.78 is 22.0. The Morgan fingerprint density at radius 3 is 0.838 bits per heavy atom. The third-order valence-corrected chi connectivity index (χ3v) is 5.79. The summed E-state index contributed by atoms with van der Waals surface area (Å²) in [4.78, 5) is 109. The normalized spacial score (nSPS) is 23.4. The predicted molar refractivity (Wildman–Crippen MR) is 96.9 cm³/mol. The van der Waals surface area contributed by atoms with Crippen LogP contribution in [-0.4, -0.2) is 117 Å². The molecule has 3 heterocycles. The smallest absolute Gasteiger partial charge is 0.345 e. The Morgan fingerprint density at radius 1 is 0.459 bits per heavy atom. The third-order valence-electron chi connectivity index (χ3n) is 5.79. The van der Waals surface area contributed by atoms with Crippen molar-refractivity contribution in [2.24, 2.45) is 16.2 Å². The summed E-state index contributed by atoms with van der Waals surface area (Å²) in [5.41, 5.74) is -11.0. The molecule has 200 valence electrons. The second kappa shape index (κ2) is 8.87. The molecule has 3 saturated heterocycles. The average Bonchev–Trinajstić information content (AvgIpc) is 3.56. The molecule has 5 N–H and O–H groups in total. The number of hydrogen-bond acceptors (Lipinski definition) is 14. The summed E-state index contributed by atoms with van der Waals surface area (Å²) in [6, 6.07) is 0. The maximum Gasteiger partial charge on any atom is 0.345 e. The second-order valence-corrected chi connectivity index (χ2v) is 7.77. The third kappa shape index (κ3) is 3.84. The van der Waals surface area contributed by atoms with Gasteiger partial charge in [-0.1, -0.05) is 0 Å². The first-order valence-electron chi connectivity index (χ1n) is 9.69. The zero-order chi connectivity index (χ0) is 28.1. The molecule has 37 heavy (non-hydrogen) atoms. The van der Waals surface area contributed by atoms with Gasteiger partial charge < -0.3 is 49.2 Å². The summed E-state index contributed by atoms with van der Waals surface area (Å²) in [6.45, 7) is -1.92. The first-order valence-corrected chi connectivity index (χ1v) is 9.69. The molecule has 0 amide bonds. The number of carbonyl (C=O) groups is 9. The van der Waals surface area contributed by atoms with Crippen molar-refractivity contribution < 1.29 is 92.4 Å². The molecule has 3 aliphatic heterocycles.